The van der Waals surface area contributed by atoms with Gasteiger partial charge in [-0.2, -0.15) is 13.2 Å². The fourth-order valence-corrected chi connectivity index (χ4v) is 2.44. The SMILES string of the molecule is CC(=O)c1ccc(NC(=O)c2ccc(-c3cccc(C(F)(F)F)c3)o2)cc1. The summed E-state index contributed by atoms with van der Waals surface area (Å²) >= 11 is 0. The molecule has 0 unspecified atom stereocenters. The second kappa shape index (κ2) is 7.11. The zero-order valence-corrected chi connectivity index (χ0v) is 14.1. The van der Waals surface area contributed by atoms with Crippen LogP contribution in [0.15, 0.2) is 65.1 Å². The molecular weight excluding hydrogens is 359 g/mol. The molecule has 1 N–H and O–H groups in total. The van der Waals surface area contributed by atoms with Crippen molar-refractivity contribution >= 4 is 17.4 Å². The third kappa shape index (κ3) is 4.25. The highest BCUT2D eigenvalue weighted by Gasteiger charge is 2.30. The molecule has 3 aromatic rings. The van der Waals surface area contributed by atoms with Crippen molar-refractivity contribution in [2.24, 2.45) is 0 Å². The van der Waals surface area contributed by atoms with E-state index >= 15 is 0 Å². The Kier molecular flexibility index (Phi) is 4.85. The van der Waals surface area contributed by atoms with E-state index in [1.165, 1.54) is 31.2 Å². The molecule has 0 saturated heterocycles. The molecule has 1 amide bonds. The quantitative estimate of drug-likeness (QED) is 0.621. The van der Waals surface area contributed by atoms with E-state index in [4.69, 9.17) is 4.42 Å². The Morgan fingerprint density at radius 2 is 1.67 bits per heavy atom. The van der Waals surface area contributed by atoms with Crippen molar-refractivity contribution in [1.82, 2.24) is 0 Å². The van der Waals surface area contributed by atoms with Gasteiger partial charge in [0, 0.05) is 16.8 Å². The summed E-state index contributed by atoms with van der Waals surface area (Å²) in [6.45, 7) is 1.44. The standard InChI is InChI=1S/C20H14F3NO3/c1-12(25)13-5-7-16(8-6-13)24-19(26)18-10-9-17(27-18)14-3-2-4-15(11-14)20(21,22)23/h2-11H,1H3,(H,24,26). The van der Waals surface area contributed by atoms with Crippen LogP contribution in [0.25, 0.3) is 11.3 Å². The predicted octanol–water partition coefficient (Wildman–Crippen LogP) is 5.42. The van der Waals surface area contributed by atoms with Crippen molar-refractivity contribution in [2.45, 2.75) is 13.1 Å². The minimum absolute atomic E-state index is 0.0435. The molecule has 0 atom stereocenters. The topological polar surface area (TPSA) is 59.3 Å². The average Bonchev–Trinajstić information content (AvgIpc) is 3.12. The number of carbonyl (C=O) groups excluding carboxylic acids is 2. The van der Waals surface area contributed by atoms with Gasteiger partial charge in [0.2, 0.25) is 0 Å². The highest BCUT2D eigenvalue weighted by atomic mass is 19.4. The molecule has 0 aliphatic carbocycles. The fraction of sp³-hybridized carbons (Fsp3) is 0.100. The number of rotatable bonds is 4. The van der Waals surface area contributed by atoms with Crippen molar-refractivity contribution in [1.29, 1.82) is 0 Å². The normalized spacial score (nSPS) is 11.3. The third-order valence-electron chi connectivity index (χ3n) is 3.85. The van der Waals surface area contributed by atoms with Crippen LogP contribution in [0.2, 0.25) is 0 Å². The van der Waals surface area contributed by atoms with Gasteiger partial charge in [0.05, 0.1) is 5.56 Å². The molecule has 3 rings (SSSR count). The molecule has 27 heavy (non-hydrogen) atoms. The van der Waals surface area contributed by atoms with E-state index < -0.39 is 17.6 Å². The first-order valence-corrected chi connectivity index (χ1v) is 7.94. The first-order valence-electron chi connectivity index (χ1n) is 7.94. The summed E-state index contributed by atoms with van der Waals surface area (Å²) in [4.78, 5) is 23.5. The van der Waals surface area contributed by atoms with E-state index in [1.807, 2.05) is 0 Å². The predicted molar refractivity (Wildman–Crippen MR) is 93.5 cm³/mol. The number of nitrogens with one attached hydrogen (secondary N) is 1. The largest absolute Gasteiger partial charge is 0.451 e. The maximum Gasteiger partial charge on any atom is 0.416 e. The molecule has 0 radical (unpaired) electrons. The first kappa shape index (κ1) is 18.4. The molecule has 1 heterocycles. The number of amides is 1. The van der Waals surface area contributed by atoms with Crippen LogP contribution in [0.3, 0.4) is 0 Å². The fourth-order valence-electron chi connectivity index (χ4n) is 2.44. The number of Topliss-reactive ketones (excluding diaryl/α,β-unsaturated/α-hetero) is 1. The van der Waals surface area contributed by atoms with Gasteiger partial charge in [-0.05, 0) is 55.5 Å². The molecule has 1 aromatic heterocycles. The van der Waals surface area contributed by atoms with Gasteiger partial charge < -0.3 is 9.73 Å². The minimum atomic E-state index is -4.46. The van der Waals surface area contributed by atoms with Crippen LogP contribution < -0.4 is 5.32 Å². The number of hydrogen-bond donors (Lipinski definition) is 1. The number of halogens is 3. The summed E-state index contributed by atoms with van der Waals surface area (Å²) in [5.41, 5.74) is 0.391. The Labute approximate surface area is 152 Å². The average molecular weight is 373 g/mol. The van der Waals surface area contributed by atoms with Gasteiger partial charge in [-0.1, -0.05) is 12.1 Å². The Hall–Kier alpha value is -3.35. The number of anilines is 1. The van der Waals surface area contributed by atoms with Crippen molar-refractivity contribution in [2.75, 3.05) is 5.32 Å². The highest BCUT2D eigenvalue weighted by molar-refractivity contribution is 6.03. The van der Waals surface area contributed by atoms with Gasteiger partial charge in [0.1, 0.15) is 5.76 Å². The Balaban J connectivity index is 1.77. The maximum atomic E-state index is 12.8. The van der Waals surface area contributed by atoms with Gasteiger partial charge in [-0.15, -0.1) is 0 Å². The lowest BCUT2D eigenvalue weighted by atomic mass is 10.1. The van der Waals surface area contributed by atoms with Crippen LogP contribution in [0.5, 0.6) is 0 Å². The molecule has 0 fully saturated rings. The second-order valence-electron chi connectivity index (χ2n) is 5.83. The summed E-state index contributed by atoms with van der Waals surface area (Å²) in [6.07, 6.45) is -4.46. The second-order valence-corrected chi connectivity index (χ2v) is 5.83. The number of ketones is 1. The summed E-state index contributed by atoms with van der Waals surface area (Å²) in [5, 5.41) is 2.60. The van der Waals surface area contributed by atoms with Crippen molar-refractivity contribution in [3.63, 3.8) is 0 Å². The van der Waals surface area contributed by atoms with Gasteiger partial charge in [-0.3, -0.25) is 9.59 Å². The van der Waals surface area contributed by atoms with Crippen LogP contribution >= 0.6 is 0 Å². The maximum absolute atomic E-state index is 12.8. The molecule has 0 saturated carbocycles. The smallest absolute Gasteiger partial charge is 0.416 e. The van der Waals surface area contributed by atoms with Gasteiger partial charge in [-0.25, -0.2) is 0 Å². The van der Waals surface area contributed by atoms with Crippen LogP contribution in [0.4, 0.5) is 18.9 Å². The lowest BCUT2D eigenvalue weighted by molar-refractivity contribution is -0.137. The molecule has 138 valence electrons. The number of furan rings is 1. The molecule has 0 aliphatic rings. The number of carbonyl (C=O) groups is 2. The van der Waals surface area contributed by atoms with Crippen LogP contribution in [0.1, 0.15) is 33.4 Å². The lowest BCUT2D eigenvalue weighted by Gasteiger charge is -2.07. The van der Waals surface area contributed by atoms with E-state index in [-0.39, 0.29) is 22.9 Å². The zero-order chi connectivity index (χ0) is 19.6. The van der Waals surface area contributed by atoms with Crippen molar-refractivity contribution in [3.8, 4) is 11.3 Å². The number of hydrogen-bond acceptors (Lipinski definition) is 3. The lowest BCUT2D eigenvalue weighted by Crippen LogP contribution is -2.10. The van der Waals surface area contributed by atoms with Crippen LogP contribution in [0, 0.1) is 0 Å². The number of benzene rings is 2. The highest BCUT2D eigenvalue weighted by Crippen LogP contribution is 2.32. The zero-order valence-electron chi connectivity index (χ0n) is 14.1. The van der Waals surface area contributed by atoms with Crippen molar-refractivity contribution in [3.05, 3.63) is 77.6 Å². The molecular formula is C20H14F3NO3. The monoisotopic (exact) mass is 373 g/mol. The summed E-state index contributed by atoms with van der Waals surface area (Å²) in [5.74, 6) is -0.537. The van der Waals surface area contributed by atoms with E-state index in [0.717, 1.165) is 12.1 Å². The van der Waals surface area contributed by atoms with E-state index in [0.29, 0.717) is 11.3 Å². The number of alkyl halides is 3. The van der Waals surface area contributed by atoms with Crippen LogP contribution in [-0.2, 0) is 6.18 Å². The Morgan fingerprint density at radius 3 is 2.30 bits per heavy atom. The molecule has 0 aliphatic heterocycles. The summed E-state index contributed by atoms with van der Waals surface area (Å²) in [7, 11) is 0. The molecule has 2 aromatic carbocycles. The van der Waals surface area contributed by atoms with E-state index in [2.05, 4.69) is 5.32 Å². The van der Waals surface area contributed by atoms with Crippen LogP contribution in [-0.4, -0.2) is 11.7 Å². The van der Waals surface area contributed by atoms with Gasteiger partial charge in [0.25, 0.3) is 5.91 Å². The van der Waals surface area contributed by atoms with E-state index in [1.54, 1.807) is 24.3 Å². The Bertz CT molecular complexity index is 988. The summed E-state index contributed by atoms with van der Waals surface area (Å²) < 4.78 is 43.9. The molecule has 0 bridgehead atoms. The molecule has 4 nitrogen and oxygen atoms in total. The van der Waals surface area contributed by atoms with Gasteiger partial charge in [0.15, 0.2) is 11.5 Å². The first-order chi connectivity index (χ1) is 12.7. The molecule has 0 spiro atoms. The van der Waals surface area contributed by atoms with Crippen molar-refractivity contribution < 1.29 is 27.2 Å². The van der Waals surface area contributed by atoms with E-state index in [9.17, 15) is 22.8 Å². The minimum Gasteiger partial charge on any atom is -0.451 e. The Morgan fingerprint density at radius 1 is 0.963 bits per heavy atom. The molecule has 7 heteroatoms. The van der Waals surface area contributed by atoms with Gasteiger partial charge >= 0.3 is 6.18 Å². The third-order valence-corrected chi connectivity index (χ3v) is 3.85. The summed E-state index contributed by atoms with van der Waals surface area (Å²) in [6, 6.07) is 13.8.